The Morgan fingerprint density at radius 1 is 1.36 bits per heavy atom. The van der Waals surface area contributed by atoms with Crippen LogP contribution in [0.3, 0.4) is 0 Å². The molecule has 0 bridgehead atoms. The number of likely N-dealkylation sites (tertiary alicyclic amines) is 1. The number of carbonyl (C=O) groups excluding carboxylic acids is 1. The van der Waals surface area contributed by atoms with Crippen molar-refractivity contribution in [2.45, 2.75) is 26.2 Å². The van der Waals surface area contributed by atoms with Gasteiger partial charge >= 0.3 is 5.97 Å². The van der Waals surface area contributed by atoms with Crippen LogP contribution in [0.4, 0.5) is 0 Å². The standard InChI is InChI=1S/C19H27N3O2.HI/c1-4-20-19(22-11-13(2)17(12-22)18(23)24-3)21-10-15-9-14-7-5-6-8-16(14)15;/h5-8,13,15,17H,4,9-12H2,1-3H3,(H,20,21);1H. The van der Waals surface area contributed by atoms with Crippen LogP contribution in [-0.2, 0) is 16.0 Å². The van der Waals surface area contributed by atoms with Gasteiger partial charge in [0.05, 0.1) is 13.0 Å². The van der Waals surface area contributed by atoms with Crippen LogP contribution >= 0.6 is 24.0 Å². The summed E-state index contributed by atoms with van der Waals surface area (Å²) in [6, 6.07) is 8.60. The average molecular weight is 457 g/mol. The molecule has 0 saturated carbocycles. The Morgan fingerprint density at radius 3 is 2.80 bits per heavy atom. The minimum atomic E-state index is -0.117. The maximum atomic E-state index is 11.9. The molecule has 25 heavy (non-hydrogen) atoms. The maximum absolute atomic E-state index is 11.9. The van der Waals surface area contributed by atoms with E-state index < -0.39 is 0 Å². The van der Waals surface area contributed by atoms with E-state index in [0.717, 1.165) is 32.0 Å². The summed E-state index contributed by atoms with van der Waals surface area (Å²) in [6.45, 7) is 7.33. The fraction of sp³-hybridized carbons (Fsp3) is 0.579. The largest absolute Gasteiger partial charge is 0.469 e. The Labute approximate surface area is 167 Å². The van der Waals surface area contributed by atoms with Crippen LogP contribution in [0.15, 0.2) is 29.3 Å². The second kappa shape index (κ2) is 8.87. The zero-order valence-electron chi connectivity index (χ0n) is 15.2. The smallest absolute Gasteiger partial charge is 0.310 e. The van der Waals surface area contributed by atoms with Gasteiger partial charge in [0.25, 0.3) is 0 Å². The summed E-state index contributed by atoms with van der Waals surface area (Å²) in [6.07, 6.45) is 1.11. The van der Waals surface area contributed by atoms with Gasteiger partial charge in [-0.2, -0.15) is 0 Å². The molecule has 138 valence electrons. The molecule has 1 aromatic carbocycles. The van der Waals surface area contributed by atoms with Crippen molar-refractivity contribution in [2.24, 2.45) is 16.8 Å². The molecule has 0 radical (unpaired) electrons. The number of esters is 1. The number of hydrogen-bond acceptors (Lipinski definition) is 3. The van der Waals surface area contributed by atoms with Crippen LogP contribution in [0.2, 0.25) is 0 Å². The predicted molar refractivity (Wildman–Crippen MR) is 111 cm³/mol. The Morgan fingerprint density at radius 2 is 2.12 bits per heavy atom. The summed E-state index contributed by atoms with van der Waals surface area (Å²) in [4.78, 5) is 18.9. The number of nitrogens with zero attached hydrogens (tertiary/aromatic N) is 2. The number of benzene rings is 1. The summed E-state index contributed by atoms with van der Waals surface area (Å²) in [5, 5.41) is 3.37. The Kier molecular flexibility index (Phi) is 7.10. The second-order valence-electron chi connectivity index (χ2n) is 6.81. The maximum Gasteiger partial charge on any atom is 0.310 e. The first-order valence-electron chi connectivity index (χ1n) is 8.82. The van der Waals surface area contributed by atoms with E-state index in [1.54, 1.807) is 0 Å². The van der Waals surface area contributed by atoms with Crippen molar-refractivity contribution in [3.63, 3.8) is 0 Å². The van der Waals surface area contributed by atoms with E-state index in [0.29, 0.717) is 12.5 Å². The normalized spacial score (nSPS) is 24.8. The highest BCUT2D eigenvalue weighted by Crippen LogP contribution is 2.35. The SMILES string of the molecule is CCNC(=NCC1Cc2ccccc21)N1CC(C)C(C(=O)OC)C1.I. The molecule has 3 unspecified atom stereocenters. The number of carbonyl (C=O) groups is 1. The van der Waals surface area contributed by atoms with Crippen molar-refractivity contribution in [3.05, 3.63) is 35.4 Å². The van der Waals surface area contributed by atoms with E-state index in [9.17, 15) is 4.79 Å². The molecule has 1 aromatic rings. The third-order valence-electron chi connectivity index (χ3n) is 5.17. The van der Waals surface area contributed by atoms with Gasteiger partial charge in [-0.1, -0.05) is 31.2 Å². The van der Waals surface area contributed by atoms with Gasteiger partial charge in [-0.15, -0.1) is 24.0 Å². The molecule has 1 heterocycles. The number of halogens is 1. The number of nitrogens with one attached hydrogen (secondary N) is 1. The van der Waals surface area contributed by atoms with Crippen molar-refractivity contribution < 1.29 is 9.53 Å². The highest BCUT2D eigenvalue weighted by atomic mass is 127. The van der Waals surface area contributed by atoms with Gasteiger partial charge in [-0.3, -0.25) is 9.79 Å². The zero-order chi connectivity index (χ0) is 17.1. The summed E-state index contributed by atoms with van der Waals surface area (Å²) >= 11 is 0. The number of methoxy groups -OCH3 is 1. The number of rotatable bonds is 4. The molecule has 1 fully saturated rings. The highest BCUT2D eigenvalue weighted by Gasteiger charge is 2.37. The molecular weight excluding hydrogens is 429 g/mol. The lowest BCUT2D eigenvalue weighted by Crippen LogP contribution is -2.41. The molecule has 0 aromatic heterocycles. The first kappa shape index (κ1) is 20.0. The van der Waals surface area contributed by atoms with E-state index >= 15 is 0 Å². The van der Waals surface area contributed by atoms with Crippen LogP contribution in [0, 0.1) is 11.8 Å². The first-order chi connectivity index (χ1) is 11.6. The second-order valence-corrected chi connectivity index (χ2v) is 6.81. The lowest BCUT2D eigenvalue weighted by molar-refractivity contribution is -0.145. The topological polar surface area (TPSA) is 53.9 Å². The summed E-state index contributed by atoms with van der Waals surface area (Å²) in [5.74, 6) is 1.54. The third kappa shape index (κ3) is 4.27. The van der Waals surface area contributed by atoms with Crippen molar-refractivity contribution in [3.8, 4) is 0 Å². The van der Waals surface area contributed by atoms with E-state index in [1.165, 1.54) is 18.2 Å². The summed E-state index contributed by atoms with van der Waals surface area (Å²) in [5.41, 5.74) is 2.88. The molecule has 3 rings (SSSR count). The first-order valence-corrected chi connectivity index (χ1v) is 8.82. The van der Waals surface area contributed by atoms with Crippen molar-refractivity contribution in [1.82, 2.24) is 10.2 Å². The van der Waals surface area contributed by atoms with Gasteiger partial charge in [0.15, 0.2) is 5.96 Å². The van der Waals surface area contributed by atoms with Crippen molar-refractivity contribution in [2.75, 3.05) is 33.3 Å². The molecule has 1 N–H and O–H groups in total. The zero-order valence-corrected chi connectivity index (χ0v) is 17.5. The molecule has 3 atom stereocenters. The highest BCUT2D eigenvalue weighted by molar-refractivity contribution is 14.0. The van der Waals surface area contributed by atoms with Crippen LogP contribution in [0.1, 0.15) is 30.9 Å². The summed E-state index contributed by atoms with van der Waals surface area (Å²) in [7, 11) is 1.46. The molecule has 1 aliphatic heterocycles. The van der Waals surface area contributed by atoms with E-state index in [-0.39, 0.29) is 41.8 Å². The molecule has 0 amide bonds. The van der Waals surface area contributed by atoms with E-state index in [4.69, 9.17) is 9.73 Å². The molecule has 2 aliphatic rings. The minimum Gasteiger partial charge on any atom is -0.469 e. The third-order valence-corrected chi connectivity index (χ3v) is 5.17. The predicted octanol–water partition coefficient (Wildman–Crippen LogP) is 2.65. The number of aliphatic imine (C=N–C) groups is 1. The molecule has 0 spiro atoms. The lowest BCUT2D eigenvalue weighted by atomic mass is 9.78. The molecule has 1 aliphatic carbocycles. The van der Waals surface area contributed by atoms with Gasteiger partial charge in [0.1, 0.15) is 0 Å². The molecular formula is C19H28IN3O2. The van der Waals surface area contributed by atoms with E-state index in [1.807, 2.05) is 0 Å². The van der Waals surface area contributed by atoms with Crippen LogP contribution in [0.5, 0.6) is 0 Å². The van der Waals surface area contributed by atoms with Gasteiger partial charge in [-0.25, -0.2) is 0 Å². The van der Waals surface area contributed by atoms with Gasteiger partial charge in [0.2, 0.25) is 0 Å². The van der Waals surface area contributed by atoms with Gasteiger partial charge in [0, 0.05) is 32.1 Å². The van der Waals surface area contributed by atoms with Crippen molar-refractivity contribution in [1.29, 1.82) is 0 Å². The minimum absolute atomic E-state index is 0. The van der Waals surface area contributed by atoms with Crippen LogP contribution < -0.4 is 5.32 Å². The monoisotopic (exact) mass is 457 g/mol. The fourth-order valence-corrected chi connectivity index (χ4v) is 3.75. The molecule has 5 nitrogen and oxygen atoms in total. The fourth-order valence-electron chi connectivity index (χ4n) is 3.75. The Bertz CT molecular complexity index is 635. The Hall–Kier alpha value is -1.31. The van der Waals surface area contributed by atoms with Gasteiger partial charge in [-0.05, 0) is 30.4 Å². The van der Waals surface area contributed by atoms with E-state index in [2.05, 4.69) is 48.3 Å². The summed E-state index contributed by atoms with van der Waals surface area (Å²) < 4.78 is 4.93. The van der Waals surface area contributed by atoms with Crippen LogP contribution in [-0.4, -0.2) is 50.1 Å². The average Bonchev–Trinajstić information content (AvgIpc) is 2.95. The molecule has 6 heteroatoms. The quantitative estimate of drug-likeness (QED) is 0.327. The lowest BCUT2D eigenvalue weighted by Gasteiger charge is -2.29. The number of ether oxygens (including phenoxy) is 1. The number of hydrogen-bond donors (Lipinski definition) is 1. The number of fused-ring (bicyclic) bond motifs is 1. The van der Waals surface area contributed by atoms with Crippen molar-refractivity contribution >= 4 is 35.9 Å². The Balaban J connectivity index is 0.00000225. The van der Waals surface area contributed by atoms with Crippen LogP contribution in [0.25, 0.3) is 0 Å². The number of guanidine groups is 1. The van der Waals surface area contributed by atoms with Gasteiger partial charge < -0.3 is 15.0 Å². The molecule has 1 saturated heterocycles.